The standard InChI is InChI=1S/C25H32F3N5O4/c1-4-21(8-7-18(2)36-17-25(26,27)28)37-22(16-34)9-11-31(3)19-12-29-24(30-13-19)32-14-20(15-32)33-10-5-6-23(33)35/h4,7-8,12-13,16,20,22H,1,5-6,9-11,14-15,17H2,2-3H3/b18-7+,21-8+/t22-/m1/s1. The van der Waals surface area contributed by atoms with Crippen LogP contribution in [0.25, 0.3) is 0 Å². The molecule has 0 saturated carbocycles. The average Bonchev–Trinajstić information content (AvgIpc) is 3.26. The van der Waals surface area contributed by atoms with Gasteiger partial charge in [-0.2, -0.15) is 13.2 Å². The van der Waals surface area contributed by atoms with Crippen molar-refractivity contribution in [2.24, 2.45) is 0 Å². The Hall–Kier alpha value is -3.57. The molecule has 0 unspecified atom stereocenters. The van der Waals surface area contributed by atoms with E-state index in [1.54, 1.807) is 12.4 Å². The lowest BCUT2D eigenvalue weighted by atomic mass is 10.1. The predicted molar refractivity (Wildman–Crippen MR) is 132 cm³/mol. The van der Waals surface area contributed by atoms with Crippen LogP contribution in [0.15, 0.2) is 48.7 Å². The molecule has 1 aromatic heterocycles. The minimum Gasteiger partial charge on any atom is -0.489 e. The Morgan fingerprint density at radius 3 is 2.57 bits per heavy atom. The largest absolute Gasteiger partial charge is 0.489 e. The van der Waals surface area contributed by atoms with E-state index < -0.39 is 18.9 Å². The molecule has 3 heterocycles. The number of aromatic nitrogens is 2. The summed E-state index contributed by atoms with van der Waals surface area (Å²) in [6.07, 6.45) is 4.83. The Bertz CT molecular complexity index is 1010. The third-order valence-corrected chi connectivity index (χ3v) is 6.10. The van der Waals surface area contributed by atoms with Gasteiger partial charge in [0.15, 0.2) is 19.0 Å². The molecule has 0 bridgehead atoms. The number of hydrogen-bond donors (Lipinski definition) is 0. The number of carbonyl (C=O) groups excluding carboxylic acids is 2. The summed E-state index contributed by atoms with van der Waals surface area (Å²) >= 11 is 0. The lowest BCUT2D eigenvalue weighted by Gasteiger charge is -2.43. The molecule has 0 aromatic carbocycles. The van der Waals surface area contributed by atoms with E-state index in [2.05, 4.69) is 21.3 Å². The smallest absolute Gasteiger partial charge is 0.422 e. The Morgan fingerprint density at radius 1 is 1.30 bits per heavy atom. The molecule has 37 heavy (non-hydrogen) atoms. The van der Waals surface area contributed by atoms with Gasteiger partial charge in [0.05, 0.1) is 29.9 Å². The van der Waals surface area contributed by atoms with E-state index in [0.29, 0.717) is 31.6 Å². The topological polar surface area (TPSA) is 88.1 Å². The van der Waals surface area contributed by atoms with E-state index >= 15 is 0 Å². The van der Waals surface area contributed by atoms with Crippen molar-refractivity contribution in [2.45, 2.75) is 44.5 Å². The highest BCUT2D eigenvalue weighted by Crippen LogP contribution is 2.25. The summed E-state index contributed by atoms with van der Waals surface area (Å²) < 4.78 is 47.0. The first-order chi connectivity index (χ1) is 17.6. The van der Waals surface area contributed by atoms with Crippen LogP contribution in [0.1, 0.15) is 26.2 Å². The van der Waals surface area contributed by atoms with Gasteiger partial charge >= 0.3 is 6.18 Å². The van der Waals surface area contributed by atoms with Crippen LogP contribution >= 0.6 is 0 Å². The monoisotopic (exact) mass is 523 g/mol. The number of halogens is 3. The molecule has 9 nitrogen and oxygen atoms in total. The first-order valence-electron chi connectivity index (χ1n) is 12.0. The minimum absolute atomic E-state index is 0.0457. The minimum atomic E-state index is -4.43. The number of likely N-dealkylation sites (tertiary alicyclic amines) is 1. The summed E-state index contributed by atoms with van der Waals surface area (Å²) in [6.45, 7) is 6.34. The van der Waals surface area contributed by atoms with Crippen molar-refractivity contribution in [3.63, 3.8) is 0 Å². The third kappa shape index (κ3) is 8.22. The van der Waals surface area contributed by atoms with Crippen LogP contribution in [0.4, 0.5) is 24.8 Å². The van der Waals surface area contributed by atoms with Gasteiger partial charge in [0.1, 0.15) is 5.76 Å². The Morgan fingerprint density at radius 2 is 2.00 bits per heavy atom. The molecule has 1 aromatic rings. The molecule has 2 fully saturated rings. The van der Waals surface area contributed by atoms with Crippen molar-refractivity contribution in [1.82, 2.24) is 14.9 Å². The molecular formula is C25H32F3N5O4. The van der Waals surface area contributed by atoms with Crippen molar-refractivity contribution in [3.8, 4) is 0 Å². The second-order valence-corrected chi connectivity index (χ2v) is 8.95. The van der Waals surface area contributed by atoms with Crippen LogP contribution in [0.3, 0.4) is 0 Å². The fourth-order valence-corrected chi connectivity index (χ4v) is 3.92. The zero-order chi connectivity index (χ0) is 27.0. The fourth-order valence-electron chi connectivity index (χ4n) is 3.92. The first-order valence-corrected chi connectivity index (χ1v) is 12.0. The summed E-state index contributed by atoms with van der Waals surface area (Å²) in [5.41, 5.74) is 0.764. The van der Waals surface area contributed by atoms with Gasteiger partial charge in [-0.3, -0.25) is 9.59 Å². The van der Waals surface area contributed by atoms with Gasteiger partial charge in [-0.05, 0) is 31.6 Å². The number of nitrogens with zero attached hydrogens (tertiary/aromatic N) is 5. The summed E-state index contributed by atoms with van der Waals surface area (Å²) in [5.74, 6) is 1.10. The molecule has 12 heteroatoms. The SMILES string of the molecule is C=C/C(=C\C=C(/C)OCC(F)(F)F)O[C@@H](C=O)CCN(C)c1cnc(N2CC(N3CCCC3=O)C2)nc1. The van der Waals surface area contributed by atoms with E-state index in [1.807, 2.05) is 21.7 Å². The van der Waals surface area contributed by atoms with E-state index in [-0.39, 0.29) is 23.5 Å². The Balaban J connectivity index is 1.46. The zero-order valence-corrected chi connectivity index (χ0v) is 21.0. The Kier molecular flexibility index (Phi) is 9.54. The molecule has 0 aliphatic carbocycles. The summed E-state index contributed by atoms with van der Waals surface area (Å²) in [7, 11) is 1.84. The number of ether oxygens (including phenoxy) is 2. The van der Waals surface area contributed by atoms with Crippen molar-refractivity contribution < 1.29 is 32.2 Å². The number of rotatable bonds is 13. The summed E-state index contributed by atoms with van der Waals surface area (Å²) in [5, 5.41) is 0. The highest BCUT2D eigenvalue weighted by Gasteiger charge is 2.37. The molecule has 0 spiro atoms. The summed E-state index contributed by atoms with van der Waals surface area (Å²) in [4.78, 5) is 38.2. The highest BCUT2D eigenvalue weighted by molar-refractivity contribution is 5.78. The second-order valence-electron chi connectivity index (χ2n) is 8.95. The predicted octanol–water partition coefficient (Wildman–Crippen LogP) is 3.25. The number of allylic oxidation sites excluding steroid dienone is 4. The molecule has 2 aliphatic heterocycles. The molecular weight excluding hydrogens is 491 g/mol. The molecule has 202 valence electrons. The zero-order valence-electron chi connectivity index (χ0n) is 21.0. The van der Waals surface area contributed by atoms with Gasteiger partial charge in [0.25, 0.3) is 0 Å². The number of anilines is 2. The van der Waals surface area contributed by atoms with Crippen LogP contribution in [-0.4, -0.2) is 85.2 Å². The van der Waals surface area contributed by atoms with E-state index in [4.69, 9.17) is 4.74 Å². The van der Waals surface area contributed by atoms with Crippen molar-refractivity contribution in [2.75, 3.05) is 49.6 Å². The molecule has 1 atom stereocenters. The quantitative estimate of drug-likeness (QED) is 0.221. The number of aldehydes is 1. The molecule has 0 N–H and O–H groups in total. The van der Waals surface area contributed by atoms with Crippen LogP contribution in [-0.2, 0) is 19.1 Å². The van der Waals surface area contributed by atoms with E-state index in [9.17, 15) is 22.8 Å². The maximum atomic E-state index is 12.3. The van der Waals surface area contributed by atoms with Gasteiger partial charge in [0.2, 0.25) is 11.9 Å². The van der Waals surface area contributed by atoms with Crippen molar-refractivity contribution in [3.05, 3.63) is 48.7 Å². The number of amides is 1. The van der Waals surface area contributed by atoms with Gasteiger partial charge in [-0.15, -0.1) is 0 Å². The molecule has 2 saturated heterocycles. The van der Waals surface area contributed by atoms with Gasteiger partial charge in [-0.25, -0.2) is 9.97 Å². The lowest BCUT2D eigenvalue weighted by Crippen LogP contribution is -2.60. The van der Waals surface area contributed by atoms with Crippen LogP contribution < -0.4 is 9.80 Å². The number of carbonyl (C=O) groups is 2. The van der Waals surface area contributed by atoms with Gasteiger partial charge in [0, 0.05) is 46.1 Å². The highest BCUT2D eigenvalue weighted by atomic mass is 19.4. The maximum absolute atomic E-state index is 12.3. The average molecular weight is 524 g/mol. The molecule has 2 aliphatic rings. The molecule has 3 rings (SSSR count). The maximum Gasteiger partial charge on any atom is 0.422 e. The fraction of sp³-hybridized carbons (Fsp3) is 0.520. The summed E-state index contributed by atoms with van der Waals surface area (Å²) in [6, 6.07) is 0.225. The van der Waals surface area contributed by atoms with Crippen molar-refractivity contribution in [1.29, 1.82) is 0 Å². The van der Waals surface area contributed by atoms with Crippen LogP contribution in [0, 0.1) is 0 Å². The number of hydrogen-bond acceptors (Lipinski definition) is 8. The van der Waals surface area contributed by atoms with Crippen molar-refractivity contribution >= 4 is 23.8 Å². The Labute approximate surface area is 214 Å². The second kappa shape index (κ2) is 12.6. The first kappa shape index (κ1) is 28.0. The third-order valence-electron chi connectivity index (χ3n) is 6.10. The van der Waals surface area contributed by atoms with Gasteiger partial charge < -0.3 is 24.2 Å². The lowest BCUT2D eigenvalue weighted by molar-refractivity contribution is -0.164. The van der Waals surface area contributed by atoms with E-state index in [1.165, 1.54) is 25.2 Å². The molecule has 1 amide bonds. The number of alkyl halides is 3. The van der Waals surface area contributed by atoms with Crippen LogP contribution in [0.2, 0.25) is 0 Å². The molecule has 0 radical (unpaired) electrons. The van der Waals surface area contributed by atoms with Crippen LogP contribution in [0.5, 0.6) is 0 Å². The van der Waals surface area contributed by atoms with E-state index in [0.717, 1.165) is 31.7 Å². The van der Waals surface area contributed by atoms with Gasteiger partial charge in [-0.1, -0.05) is 6.58 Å². The normalized spacial score (nSPS) is 17.9.